The summed E-state index contributed by atoms with van der Waals surface area (Å²) in [4.78, 5) is 12.3. The molecule has 0 fully saturated rings. The second-order valence-corrected chi connectivity index (χ2v) is 5.79. The van der Waals surface area contributed by atoms with Crippen LogP contribution in [-0.2, 0) is 0 Å². The molecule has 3 rings (SSSR count). The van der Waals surface area contributed by atoms with E-state index in [2.05, 4.69) is 0 Å². The number of nitrogens with two attached hydrogens (primary N) is 1. The summed E-state index contributed by atoms with van der Waals surface area (Å²) in [5.41, 5.74) is 9.55. The van der Waals surface area contributed by atoms with Crippen LogP contribution in [0.3, 0.4) is 0 Å². The van der Waals surface area contributed by atoms with Crippen molar-refractivity contribution in [3.63, 3.8) is 0 Å². The molecule has 0 saturated carbocycles. The lowest BCUT2D eigenvalue weighted by Gasteiger charge is -2.16. The number of thiazole rings is 1. The molecule has 106 valence electrons. The minimum absolute atomic E-state index is 0.0126. The number of hydrogen-bond donors (Lipinski definition) is 1. The van der Waals surface area contributed by atoms with E-state index in [4.69, 9.17) is 5.73 Å². The van der Waals surface area contributed by atoms with Gasteiger partial charge in [0.05, 0.1) is 11.7 Å². The molecule has 4 heteroatoms. The molecular formula is C17H16N2OS. The number of hydrogen-bond acceptors (Lipinski definition) is 3. The third kappa shape index (κ3) is 2.62. The minimum Gasteiger partial charge on any atom is -0.399 e. The highest BCUT2D eigenvalue weighted by atomic mass is 32.1. The summed E-state index contributed by atoms with van der Waals surface area (Å²) < 4.78 is 1.83. The molecule has 0 aliphatic heterocycles. The second kappa shape index (κ2) is 5.58. The third-order valence-corrected chi connectivity index (χ3v) is 4.32. The first kappa shape index (κ1) is 13.6. The van der Waals surface area contributed by atoms with Gasteiger partial charge in [-0.1, -0.05) is 53.8 Å². The Morgan fingerprint density at radius 2 is 1.86 bits per heavy atom. The van der Waals surface area contributed by atoms with Crippen molar-refractivity contribution in [1.29, 1.82) is 0 Å². The van der Waals surface area contributed by atoms with Gasteiger partial charge in [-0.05, 0) is 24.6 Å². The molecule has 0 bridgehead atoms. The van der Waals surface area contributed by atoms with Gasteiger partial charge < -0.3 is 5.73 Å². The molecule has 1 aromatic heterocycles. The molecule has 2 N–H and O–H groups in total. The smallest absolute Gasteiger partial charge is 0.308 e. The van der Waals surface area contributed by atoms with Gasteiger partial charge in [0.25, 0.3) is 0 Å². The molecule has 1 unspecified atom stereocenters. The molecule has 1 heterocycles. The van der Waals surface area contributed by atoms with E-state index in [0.29, 0.717) is 5.69 Å². The van der Waals surface area contributed by atoms with E-state index >= 15 is 0 Å². The lowest BCUT2D eigenvalue weighted by Crippen LogP contribution is -2.19. The normalized spacial score (nSPS) is 12.2. The van der Waals surface area contributed by atoms with Crippen LogP contribution in [0.2, 0.25) is 0 Å². The van der Waals surface area contributed by atoms with Crippen LogP contribution in [0.15, 0.2) is 64.8 Å². The van der Waals surface area contributed by atoms with Crippen LogP contribution in [-0.4, -0.2) is 4.57 Å². The van der Waals surface area contributed by atoms with E-state index in [1.807, 2.05) is 71.5 Å². The van der Waals surface area contributed by atoms with Gasteiger partial charge in [-0.15, -0.1) is 0 Å². The molecule has 0 radical (unpaired) electrons. The first-order valence-corrected chi connectivity index (χ1v) is 7.65. The Bertz CT molecular complexity index is 805. The van der Waals surface area contributed by atoms with Crippen molar-refractivity contribution in [3.05, 3.63) is 75.2 Å². The van der Waals surface area contributed by atoms with Crippen LogP contribution in [0, 0.1) is 0 Å². The summed E-state index contributed by atoms with van der Waals surface area (Å²) in [5, 5.41) is 1.90. The molecule has 0 amide bonds. The minimum atomic E-state index is -0.0126. The van der Waals surface area contributed by atoms with Crippen LogP contribution in [0.1, 0.15) is 18.5 Å². The summed E-state index contributed by atoms with van der Waals surface area (Å²) in [6, 6.07) is 17.7. The standard InChI is InChI=1S/C17H16N2OS/c1-12(13-6-3-2-4-7-13)19-16(11-21-17(19)20)14-8-5-9-15(18)10-14/h2-12H,18H2,1H3. The number of nitrogens with zero attached hydrogens (tertiary/aromatic N) is 1. The van der Waals surface area contributed by atoms with Gasteiger partial charge in [-0.25, -0.2) is 0 Å². The fourth-order valence-electron chi connectivity index (χ4n) is 2.47. The number of benzene rings is 2. The van der Waals surface area contributed by atoms with Crippen molar-refractivity contribution in [1.82, 2.24) is 4.57 Å². The average Bonchev–Trinajstić information content (AvgIpc) is 2.89. The van der Waals surface area contributed by atoms with Crippen molar-refractivity contribution < 1.29 is 0 Å². The van der Waals surface area contributed by atoms with Crippen molar-refractivity contribution in [3.8, 4) is 11.3 Å². The van der Waals surface area contributed by atoms with Gasteiger partial charge in [-0.2, -0.15) is 0 Å². The number of nitrogen functional groups attached to an aromatic ring is 1. The maximum absolute atomic E-state index is 12.3. The molecule has 21 heavy (non-hydrogen) atoms. The van der Waals surface area contributed by atoms with E-state index < -0.39 is 0 Å². The van der Waals surface area contributed by atoms with Crippen molar-refractivity contribution in [2.75, 3.05) is 5.73 Å². The zero-order valence-electron chi connectivity index (χ0n) is 11.7. The van der Waals surface area contributed by atoms with Crippen LogP contribution in [0.4, 0.5) is 5.69 Å². The number of anilines is 1. The van der Waals surface area contributed by atoms with Crippen LogP contribution in [0.5, 0.6) is 0 Å². The maximum Gasteiger partial charge on any atom is 0.308 e. The quantitative estimate of drug-likeness (QED) is 0.748. The first-order chi connectivity index (χ1) is 10.2. The van der Waals surface area contributed by atoms with Crippen molar-refractivity contribution >= 4 is 17.0 Å². The highest BCUT2D eigenvalue weighted by molar-refractivity contribution is 7.07. The predicted octanol–water partition coefficient (Wildman–Crippen LogP) is 3.77. The fraction of sp³-hybridized carbons (Fsp3) is 0.118. The Kier molecular flexibility index (Phi) is 3.62. The Labute approximate surface area is 127 Å². The van der Waals surface area contributed by atoms with Gasteiger partial charge in [-0.3, -0.25) is 9.36 Å². The monoisotopic (exact) mass is 296 g/mol. The SMILES string of the molecule is CC(c1ccccc1)n1c(-c2cccc(N)c2)csc1=O. The summed E-state index contributed by atoms with van der Waals surface area (Å²) in [7, 11) is 0. The van der Waals surface area contributed by atoms with E-state index in [1.165, 1.54) is 11.3 Å². The van der Waals surface area contributed by atoms with Gasteiger partial charge in [0, 0.05) is 16.6 Å². The van der Waals surface area contributed by atoms with Crippen LogP contribution < -0.4 is 10.6 Å². The van der Waals surface area contributed by atoms with E-state index in [1.54, 1.807) is 0 Å². The Balaban J connectivity index is 2.12. The molecule has 0 aliphatic rings. The average molecular weight is 296 g/mol. The number of rotatable bonds is 3. The molecule has 1 atom stereocenters. The van der Waals surface area contributed by atoms with Gasteiger partial charge in [0.15, 0.2) is 0 Å². The molecule has 2 aromatic carbocycles. The summed E-state index contributed by atoms with van der Waals surface area (Å²) in [6.45, 7) is 2.04. The first-order valence-electron chi connectivity index (χ1n) is 6.77. The molecule has 3 nitrogen and oxygen atoms in total. The van der Waals surface area contributed by atoms with E-state index in [0.717, 1.165) is 16.8 Å². The van der Waals surface area contributed by atoms with Gasteiger partial charge >= 0.3 is 4.87 Å². The van der Waals surface area contributed by atoms with Gasteiger partial charge in [0.1, 0.15) is 0 Å². The molecule has 3 aromatic rings. The molecule has 0 aliphatic carbocycles. The van der Waals surface area contributed by atoms with Crippen molar-refractivity contribution in [2.24, 2.45) is 0 Å². The molecule has 0 spiro atoms. The highest BCUT2D eigenvalue weighted by Crippen LogP contribution is 2.27. The summed E-state index contributed by atoms with van der Waals surface area (Å²) in [5.74, 6) is 0. The Hall–Kier alpha value is -2.33. The Morgan fingerprint density at radius 1 is 1.10 bits per heavy atom. The summed E-state index contributed by atoms with van der Waals surface area (Å²) in [6.07, 6.45) is 0. The van der Waals surface area contributed by atoms with E-state index in [9.17, 15) is 4.79 Å². The topological polar surface area (TPSA) is 48.0 Å². The lowest BCUT2D eigenvalue weighted by molar-refractivity contribution is 0.636. The van der Waals surface area contributed by atoms with Crippen molar-refractivity contribution in [2.45, 2.75) is 13.0 Å². The molecule has 0 saturated heterocycles. The zero-order valence-corrected chi connectivity index (χ0v) is 12.5. The predicted molar refractivity (Wildman–Crippen MR) is 88.7 cm³/mol. The number of aromatic nitrogens is 1. The van der Waals surface area contributed by atoms with E-state index in [-0.39, 0.29) is 10.9 Å². The Morgan fingerprint density at radius 3 is 2.57 bits per heavy atom. The largest absolute Gasteiger partial charge is 0.399 e. The zero-order chi connectivity index (χ0) is 14.8. The molecular weight excluding hydrogens is 280 g/mol. The summed E-state index contributed by atoms with van der Waals surface area (Å²) >= 11 is 1.22. The lowest BCUT2D eigenvalue weighted by atomic mass is 10.1. The fourth-order valence-corrected chi connectivity index (χ4v) is 3.30. The van der Waals surface area contributed by atoms with Crippen LogP contribution in [0.25, 0.3) is 11.3 Å². The maximum atomic E-state index is 12.3. The third-order valence-electron chi connectivity index (χ3n) is 3.58. The van der Waals surface area contributed by atoms with Gasteiger partial charge in [0.2, 0.25) is 0 Å². The second-order valence-electron chi connectivity index (χ2n) is 4.97. The van der Waals surface area contributed by atoms with Crippen LogP contribution >= 0.6 is 11.3 Å². The highest BCUT2D eigenvalue weighted by Gasteiger charge is 2.16.